The molecule has 1 saturated carbocycles. The summed E-state index contributed by atoms with van der Waals surface area (Å²) in [4.78, 5) is 12.9. The summed E-state index contributed by atoms with van der Waals surface area (Å²) < 4.78 is 5.43. The van der Waals surface area contributed by atoms with Crippen LogP contribution >= 0.6 is 12.2 Å². The zero-order valence-electron chi connectivity index (χ0n) is 11.5. The Morgan fingerprint density at radius 2 is 2.05 bits per heavy atom. The Bertz CT molecular complexity index is 334. The van der Waals surface area contributed by atoms with Crippen LogP contribution in [0, 0.1) is 11.3 Å². The molecule has 1 aliphatic heterocycles. The predicted molar refractivity (Wildman–Crippen MR) is 78.9 cm³/mol. The van der Waals surface area contributed by atoms with E-state index in [1.165, 1.54) is 6.42 Å². The fraction of sp³-hybridized carbons (Fsp3) is 0.857. The minimum atomic E-state index is -0.594. The first-order valence-corrected chi connectivity index (χ1v) is 7.72. The highest BCUT2D eigenvalue weighted by Gasteiger charge is 2.42. The second kappa shape index (κ2) is 6.66. The topological polar surface area (TPSA) is 64.4 Å². The maximum Gasteiger partial charge on any atom is 0.233 e. The lowest BCUT2D eigenvalue weighted by atomic mass is 9.73. The summed E-state index contributed by atoms with van der Waals surface area (Å²) in [6, 6.07) is 0. The van der Waals surface area contributed by atoms with E-state index in [0.717, 1.165) is 51.7 Å². The molecule has 1 heterocycles. The van der Waals surface area contributed by atoms with E-state index in [-0.39, 0.29) is 5.91 Å². The lowest BCUT2D eigenvalue weighted by Gasteiger charge is -2.35. The molecule has 2 rings (SSSR count). The lowest BCUT2D eigenvalue weighted by molar-refractivity contribution is -0.129. The molecule has 0 bridgehead atoms. The number of nitrogens with two attached hydrogens (primary N) is 1. The molecular formula is C14H24N2O2S. The predicted octanol–water partition coefficient (Wildman–Crippen LogP) is 1.77. The van der Waals surface area contributed by atoms with E-state index in [1.54, 1.807) is 0 Å². The third-order valence-electron chi connectivity index (χ3n) is 4.42. The number of hydrogen-bond donors (Lipinski definition) is 2. The SMILES string of the molecule is NC(=S)C1(C(=O)NCC2CCCOC2)CCCCC1. The van der Waals surface area contributed by atoms with Crippen LogP contribution in [0.1, 0.15) is 44.9 Å². The van der Waals surface area contributed by atoms with Gasteiger partial charge in [0.25, 0.3) is 0 Å². The fourth-order valence-corrected chi connectivity index (χ4v) is 3.41. The van der Waals surface area contributed by atoms with Crippen molar-refractivity contribution in [3.05, 3.63) is 0 Å². The summed E-state index contributed by atoms with van der Waals surface area (Å²) in [6.45, 7) is 2.28. The van der Waals surface area contributed by atoms with Crippen molar-refractivity contribution >= 4 is 23.1 Å². The second-order valence-electron chi connectivity index (χ2n) is 5.80. The molecule has 5 heteroatoms. The summed E-state index contributed by atoms with van der Waals surface area (Å²) in [7, 11) is 0. The Morgan fingerprint density at radius 1 is 1.32 bits per heavy atom. The molecule has 0 aromatic carbocycles. The van der Waals surface area contributed by atoms with Crippen LogP contribution in [-0.4, -0.2) is 30.7 Å². The Kier molecular flexibility index (Phi) is 5.16. The van der Waals surface area contributed by atoms with Gasteiger partial charge in [-0.3, -0.25) is 4.79 Å². The van der Waals surface area contributed by atoms with Gasteiger partial charge in [0, 0.05) is 13.2 Å². The first-order chi connectivity index (χ1) is 9.15. The van der Waals surface area contributed by atoms with E-state index in [9.17, 15) is 4.79 Å². The zero-order valence-corrected chi connectivity index (χ0v) is 12.3. The molecule has 108 valence electrons. The highest BCUT2D eigenvalue weighted by molar-refractivity contribution is 7.80. The number of hydrogen-bond acceptors (Lipinski definition) is 3. The molecule has 4 nitrogen and oxygen atoms in total. The minimum Gasteiger partial charge on any atom is -0.392 e. The molecule has 19 heavy (non-hydrogen) atoms. The quantitative estimate of drug-likeness (QED) is 0.772. The number of amides is 1. The van der Waals surface area contributed by atoms with Crippen LogP contribution in [0.3, 0.4) is 0 Å². The Balaban J connectivity index is 1.90. The van der Waals surface area contributed by atoms with Crippen LogP contribution in [0.5, 0.6) is 0 Å². The van der Waals surface area contributed by atoms with Gasteiger partial charge in [0.05, 0.1) is 17.0 Å². The molecule has 2 fully saturated rings. The lowest BCUT2D eigenvalue weighted by Crippen LogP contribution is -2.51. The summed E-state index contributed by atoms with van der Waals surface area (Å²) in [5.41, 5.74) is 5.26. The maximum atomic E-state index is 12.5. The van der Waals surface area contributed by atoms with E-state index < -0.39 is 5.41 Å². The van der Waals surface area contributed by atoms with Gasteiger partial charge in [-0.05, 0) is 31.6 Å². The zero-order chi connectivity index (χ0) is 13.7. The number of nitrogens with one attached hydrogen (secondary N) is 1. The molecule has 1 unspecified atom stereocenters. The van der Waals surface area contributed by atoms with E-state index in [1.807, 2.05) is 0 Å². The summed E-state index contributed by atoms with van der Waals surface area (Å²) in [5, 5.41) is 3.06. The van der Waals surface area contributed by atoms with Gasteiger partial charge in [0.15, 0.2) is 0 Å². The Morgan fingerprint density at radius 3 is 2.63 bits per heavy atom. The highest BCUT2D eigenvalue weighted by atomic mass is 32.1. The van der Waals surface area contributed by atoms with Gasteiger partial charge in [-0.2, -0.15) is 0 Å². The van der Waals surface area contributed by atoms with E-state index in [0.29, 0.717) is 17.5 Å². The normalized spacial score (nSPS) is 26.6. The molecule has 0 aromatic rings. The van der Waals surface area contributed by atoms with Crippen LogP contribution in [0.2, 0.25) is 0 Å². The molecule has 1 amide bonds. The van der Waals surface area contributed by atoms with Gasteiger partial charge in [-0.15, -0.1) is 0 Å². The third kappa shape index (κ3) is 3.45. The van der Waals surface area contributed by atoms with Gasteiger partial charge in [-0.25, -0.2) is 0 Å². The molecule has 1 aliphatic carbocycles. The highest BCUT2D eigenvalue weighted by Crippen LogP contribution is 2.37. The van der Waals surface area contributed by atoms with E-state index in [2.05, 4.69) is 5.32 Å². The van der Waals surface area contributed by atoms with Crippen LogP contribution < -0.4 is 11.1 Å². The number of carbonyl (C=O) groups is 1. The molecule has 1 atom stereocenters. The minimum absolute atomic E-state index is 0.0327. The maximum absolute atomic E-state index is 12.5. The fourth-order valence-electron chi connectivity index (χ4n) is 3.12. The molecule has 1 saturated heterocycles. The number of carbonyl (C=O) groups excluding carboxylic acids is 1. The van der Waals surface area contributed by atoms with Crippen molar-refractivity contribution in [2.24, 2.45) is 17.1 Å². The van der Waals surface area contributed by atoms with Crippen LogP contribution in [0.15, 0.2) is 0 Å². The average molecular weight is 284 g/mol. The Labute approximate surface area is 120 Å². The average Bonchev–Trinajstić information content (AvgIpc) is 2.46. The monoisotopic (exact) mass is 284 g/mol. The summed E-state index contributed by atoms with van der Waals surface area (Å²) in [6.07, 6.45) is 7.06. The van der Waals surface area contributed by atoms with Crippen molar-refractivity contribution in [3.8, 4) is 0 Å². The van der Waals surface area contributed by atoms with Crippen molar-refractivity contribution in [1.29, 1.82) is 0 Å². The summed E-state index contributed by atoms with van der Waals surface area (Å²) in [5.74, 6) is 0.468. The largest absolute Gasteiger partial charge is 0.392 e. The van der Waals surface area contributed by atoms with Gasteiger partial charge in [0.1, 0.15) is 0 Å². The van der Waals surface area contributed by atoms with E-state index >= 15 is 0 Å². The van der Waals surface area contributed by atoms with Crippen molar-refractivity contribution in [2.75, 3.05) is 19.8 Å². The molecule has 0 spiro atoms. The van der Waals surface area contributed by atoms with Crippen LogP contribution in [0.4, 0.5) is 0 Å². The smallest absolute Gasteiger partial charge is 0.233 e. The van der Waals surface area contributed by atoms with Crippen molar-refractivity contribution < 1.29 is 9.53 Å². The van der Waals surface area contributed by atoms with Crippen molar-refractivity contribution in [1.82, 2.24) is 5.32 Å². The molecule has 3 N–H and O–H groups in total. The number of thiocarbonyl (C=S) groups is 1. The molecule has 0 radical (unpaired) electrons. The van der Waals surface area contributed by atoms with Gasteiger partial charge >= 0.3 is 0 Å². The van der Waals surface area contributed by atoms with Gasteiger partial charge < -0.3 is 15.8 Å². The van der Waals surface area contributed by atoms with Crippen molar-refractivity contribution in [3.63, 3.8) is 0 Å². The molecular weight excluding hydrogens is 260 g/mol. The van der Waals surface area contributed by atoms with Gasteiger partial charge in [-0.1, -0.05) is 31.5 Å². The standard InChI is InChI=1S/C14H24N2O2S/c15-12(19)14(6-2-1-3-7-14)13(17)16-9-11-5-4-8-18-10-11/h11H,1-10H2,(H2,15,19)(H,16,17). The Hall–Kier alpha value is -0.680. The van der Waals surface area contributed by atoms with E-state index in [4.69, 9.17) is 22.7 Å². The third-order valence-corrected chi connectivity index (χ3v) is 4.81. The number of ether oxygens (including phenoxy) is 1. The molecule has 0 aromatic heterocycles. The number of rotatable bonds is 4. The molecule has 2 aliphatic rings. The second-order valence-corrected chi connectivity index (χ2v) is 6.24. The van der Waals surface area contributed by atoms with Crippen LogP contribution in [0.25, 0.3) is 0 Å². The first kappa shape index (κ1) is 14.7. The van der Waals surface area contributed by atoms with Gasteiger partial charge in [0.2, 0.25) is 5.91 Å². The van der Waals surface area contributed by atoms with Crippen molar-refractivity contribution in [2.45, 2.75) is 44.9 Å². The summed E-state index contributed by atoms with van der Waals surface area (Å²) >= 11 is 5.17. The first-order valence-electron chi connectivity index (χ1n) is 7.31. The van der Waals surface area contributed by atoms with Crippen LogP contribution in [-0.2, 0) is 9.53 Å².